The van der Waals surface area contributed by atoms with Crippen molar-refractivity contribution in [1.82, 2.24) is 4.90 Å². The Morgan fingerprint density at radius 1 is 1.18 bits per heavy atom. The highest BCUT2D eigenvalue weighted by Gasteiger charge is 2.72. The summed E-state index contributed by atoms with van der Waals surface area (Å²) in [5.74, 6) is -3.42. The Balaban J connectivity index is 1.22. The van der Waals surface area contributed by atoms with Gasteiger partial charge in [-0.05, 0) is 44.1 Å². The fourth-order valence-electron chi connectivity index (χ4n) is 6.93. The molecule has 1 saturated heterocycles. The fraction of sp³-hybridized carbons (Fsp3) is 0.414. The Bertz CT molecular complexity index is 1420. The van der Waals surface area contributed by atoms with Crippen LogP contribution in [0.2, 0.25) is 0 Å². The van der Waals surface area contributed by atoms with Crippen LogP contribution in [-0.4, -0.2) is 80.7 Å². The molecule has 6 rings (SSSR count). The first kappa shape index (κ1) is 26.3. The van der Waals surface area contributed by atoms with Crippen LogP contribution in [-0.2, 0) is 35.7 Å². The van der Waals surface area contributed by atoms with Gasteiger partial charge in [-0.3, -0.25) is 4.79 Å². The maximum atomic E-state index is 12.9. The number of carboxylic acids is 1. The number of benzene rings is 2. The number of aromatic hydroxyl groups is 1. The molecule has 2 bridgehead atoms. The highest BCUT2D eigenvalue weighted by Crippen LogP contribution is 2.65. The van der Waals surface area contributed by atoms with Crippen LogP contribution < -0.4 is 4.74 Å². The number of carbonyl (C=O) groups excluding carboxylic acids is 2. The summed E-state index contributed by atoms with van der Waals surface area (Å²) in [6.07, 6.45) is -2.58. The van der Waals surface area contributed by atoms with Crippen LogP contribution in [0.1, 0.15) is 42.1 Å². The normalized spacial score (nSPS) is 29.3. The molecule has 2 aromatic rings. The lowest BCUT2D eigenvalue weighted by atomic mass is 9.50. The molecule has 0 amide bonds. The predicted molar refractivity (Wildman–Crippen MR) is 136 cm³/mol. The van der Waals surface area contributed by atoms with Crippen molar-refractivity contribution in [1.29, 1.82) is 0 Å². The minimum absolute atomic E-state index is 0.0709. The van der Waals surface area contributed by atoms with Crippen LogP contribution in [0.5, 0.6) is 11.5 Å². The number of ether oxygens (including phenoxy) is 3. The van der Waals surface area contributed by atoms with Crippen LogP contribution in [0.15, 0.2) is 54.3 Å². The number of carboxylic acid groups (broad SMARTS) is 1. The Hall–Kier alpha value is -3.93. The summed E-state index contributed by atoms with van der Waals surface area (Å²) in [6.45, 7) is 0.642. The number of esters is 2. The first-order valence-corrected chi connectivity index (χ1v) is 13.1. The van der Waals surface area contributed by atoms with E-state index in [0.29, 0.717) is 19.4 Å². The number of likely N-dealkylation sites (tertiary alicyclic amines) is 1. The van der Waals surface area contributed by atoms with Gasteiger partial charge in [0.15, 0.2) is 23.7 Å². The lowest BCUT2D eigenvalue weighted by Crippen LogP contribution is -2.74. The van der Waals surface area contributed by atoms with Gasteiger partial charge in [0.2, 0.25) is 6.10 Å². The second-order valence-electron chi connectivity index (χ2n) is 10.9. The molecule has 4 N–H and O–H groups in total. The molecule has 0 unspecified atom stereocenters. The number of likely N-dealkylation sites (N-methyl/N-ethyl adjacent to an activating group) is 1. The van der Waals surface area contributed by atoms with Crippen LogP contribution in [0.3, 0.4) is 0 Å². The first-order chi connectivity index (χ1) is 19.1. The van der Waals surface area contributed by atoms with Crippen molar-refractivity contribution in [2.75, 3.05) is 13.6 Å². The molecule has 11 nitrogen and oxygen atoms in total. The molecular weight excluding hydrogens is 522 g/mol. The van der Waals surface area contributed by atoms with E-state index in [4.69, 9.17) is 14.2 Å². The third-order valence-electron chi connectivity index (χ3n) is 8.78. The number of rotatable bonds is 7. The molecule has 0 saturated carbocycles. The van der Waals surface area contributed by atoms with E-state index >= 15 is 0 Å². The van der Waals surface area contributed by atoms with Crippen molar-refractivity contribution < 1.29 is 49.0 Å². The van der Waals surface area contributed by atoms with Gasteiger partial charge in [0.25, 0.3) is 0 Å². The molecular formula is C29H29NO10. The smallest absolute Gasteiger partial charge is 0.349 e. The average Bonchev–Trinajstić information content (AvgIpc) is 3.29. The zero-order valence-electron chi connectivity index (χ0n) is 21.6. The van der Waals surface area contributed by atoms with Gasteiger partial charge in [0.05, 0.1) is 17.4 Å². The van der Waals surface area contributed by atoms with E-state index in [1.165, 1.54) is 12.1 Å². The molecule has 1 spiro atoms. The summed E-state index contributed by atoms with van der Waals surface area (Å²) in [5.41, 5.74) is -0.346. The van der Waals surface area contributed by atoms with Gasteiger partial charge in [-0.25, -0.2) is 9.59 Å². The number of nitrogens with zero attached hydrogens (tertiary/aromatic N) is 1. The third kappa shape index (κ3) is 3.72. The Morgan fingerprint density at radius 3 is 2.65 bits per heavy atom. The quantitative estimate of drug-likeness (QED) is 0.367. The number of hydrogen-bond donors (Lipinski definition) is 4. The van der Waals surface area contributed by atoms with Gasteiger partial charge in [0, 0.05) is 23.6 Å². The Kier molecular flexibility index (Phi) is 6.13. The Labute approximate surface area is 229 Å². The minimum atomic E-state index is -1.94. The van der Waals surface area contributed by atoms with Gasteiger partial charge in [-0.2, -0.15) is 0 Å². The number of piperidine rings is 1. The van der Waals surface area contributed by atoms with Crippen molar-refractivity contribution in [3.8, 4) is 11.5 Å². The van der Waals surface area contributed by atoms with Crippen molar-refractivity contribution >= 4 is 17.9 Å². The van der Waals surface area contributed by atoms with Crippen molar-refractivity contribution in [2.24, 2.45) is 0 Å². The lowest BCUT2D eigenvalue weighted by molar-refractivity contribution is -0.174. The fourth-order valence-corrected chi connectivity index (χ4v) is 6.93. The number of phenols is 1. The van der Waals surface area contributed by atoms with E-state index < -0.39 is 53.7 Å². The topological polar surface area (TPSA) is 163 Å². The predicted octanol–water partition coefficient (Wildman–Crippen LogP) is 1.33. The summed E-state index contributed by atoms with van der Waals surface area (Å²) in [5, 5.41) is 42.7. The number of aliphatic hydroxyl groups is 2. The number of aliphatic hydroxyl groups excluding tert-OH is 1. The van der Waals surface area contributed by atoms with Crippen LogP contribution >= 0.6 is 0 Å². The minimum Gasteiger partial charge on any atom is -0.504 e. The van der Waals surface area contributed by atoms with Crippen LogP contribution in [0, 0.1) is 0 Å². The zero-order chi connectivity index (χ0) is 28.4. The van der Waals surface area contributed by atoms with E-state index in [9.17, 15) is 34.8 Å². The molecule has 1 fully saturated rings. The first-order valence-electron chi connectivity index (χ1n) is 13.1. The third-order valence-corrected chi connectivity index (χ3v) is 8.78. The molecule has 4 aliphatic rings. The number of aliphatic carboxylic acids is 1. The van der Waals surface area contributed by atoms with Crippen LogP contribution in [0.25, 0.3) is 0 Å². The highest BCUT2D eigenvalue weighted by molar-refractivity contribution is 5.84. The lowest BCUT2D eigenvalue weighted by Gasteiger charge is -2.61. The van der Waals surface area contributed by atoms with Crippen molar-refractivity contribution in [3.63, 3.8) is 0 Å². The van der Waals surface area contributed by atoms with E-state index in [0.717, 1.165) is 11.1 Å². The zero-order valence-corrected chi connectivity index (χ0v) is 21.6. The molecule has 11 heteroatoms. The monoisotopic (exact) mass is 551 g/mol. The molecule has 210 valence electrons. The standard InChI is InChI=1S/C29H29NO10/c1-30-12-11-28-22-16-7-8-17(31)24(22)40-25(28)19(9-10-29(28,37)20(30)13-16)38-27(36)18(32)14-21(33)39-23(26(34)35)15-5-3-2-4-6-15/h2-9,18,20,23,25,31-32,37H,10-14H2,1H3,(H,34,35)/t18-,20+,23-,25-,28-,29+/m0/s1. The van der Waals surface area contributed by atoms with Crippen LogP contribution in [0.4, 0.5) is 0 Å². The number of carbonyl (C=O) groups is 3. The second kappa shape index (κ2) is 9.33. The molecule has 0 radical (unpaired) electrons. The molecule has 6 atom stereocenters. The van der Waals surface area contributed by atoms with Crippen molar-refractivity contribution in [2.45, 2.75) is 61.1 Å². The molecule has 0 aromatic heterocycles. The van der Waals surface area contributed by atoms with Gasteiger partial charge >= 0.3 is 17.9 Å². The average molecular weight is 552 g/mol. The molecule has 2 aliphatic carbocycles. The highest BCUT2D eigenvalue weighted by atomic mass is 16.6. The van der Waals surface area contributed by atoms with Gasteiger partial charge < -0.3 is 39.5 Å². The summed E-state index contributed by atoms with van der Waals surface area (Å²) in [6, 6.07) is 11.0. The second-order valence-corrected chi connectivity index (χ2v) is 10.9. The van der Waals surface area contributed by atoms with E-state index in [1.54, 1.807) is 30.3 Å². The van der Waals surface area contributed by atoms with E-state index in [-0.39, 0.29) is 35.3 Å². The molecule has 2 heterocycles. The number of phenolic OH excluding ortho intramolecular Hbond substituents is 1. The molecule has 2 aliphatic heterocycles. The van der Waals surface area contributed by atoms with Gasteiger partial charge in [-0.15, -0.1) is 0 Å². The molecule has 40 heavy (non-hydrogen) atoms. The summed E-state index contributed by atoms with van der Waals surface area (Å²) >= 11 is 0. The van der Waals surface area contributed by atoms with Gasteiger partial charge in [-0.1, -0.05) is 36.4 Å². The summed E-state index contributed by atoms with van der Waals surface area (Å²) in [7, 11) is 1.95. The summed E-state index contributed by atoms with van der Waals surface area (Å²) < 4.78 is 16.8. The molecule has 2 aromatic carbocycles. The summed E-state index contributed by atoms with van der Waals surface area (Å²) in [4.78, 5) is 39.1. The number of hydrogen-bond acceptors (Lipinski definition) is 10. The SMILES string of the molecule is CN1CC[C@]23c4c5ccc(O)c4O[C@H]2C(OC(=O)[C@@H](O)CC(=O)O[C@H](C(=O)O)c2ccccc2)=CC[C@@]3(O)[C@H]1C5. The van der Waals surface area contributed by atoms with E-state index in [1.807, 2.05) is 13.1 Å². The van der Waals surface area contributed by atoms with Crippen molar-refractivity contribution in [3.05, 3.63) is 71.0 Å². The maximum Gasteiger partial charge on any atom is 0.349 e. The largest absolute Gasteiger partial charge is 0.504 e. The van der Waals surface area contributed by atoms with E-state index in [2.05, 4.69) is 4.90 Å². The Morgan fingerprint density at radius 2 is 1.93 bits per heavy atom. The maximum absolute atomic E-state index is 12.9. The van der Waals surface area contributed by atoms with Gasteiger partial charge in [0.1, 0.15) is 5.76 Å².